The summed E-state index contributed by atoms with van der Waals surface area (Å²) in [5, 5.41) is 1.21. The van der Waals surface area contributed by atoms with Crippen molar-refractivity contribution in [3.8, 4) is 0 Å². The van der Waals surface area contributed by atoms with Crippen LogP contribution in [0.4, 0.5) is 5.69 Å². The van der Waals surface area contributed by atoms with Crippen molar-refractivity contribution in [3.05, 3.63) is 65.6 Å². The van der Waals surface area contributed by atoms with Crippen LogP contribution in [0.2, 0.25) is 0 Å². The number of aryl methyl sites for hydroxylation is 1. The zero-order valence-electron chi connectivity index (χ0n) is 14.9. The summed E-state index contributed by atoms with van der Waals surface area (Å²) < 4.78 is 0. The summed E-state index contributed by atoms with van der Waals surface area (Å²) in [7, 11) is 0. The van der Waals surface area contributed by atoms with Gasteiger partial charge in [-0.1, -0.05) is 18.2 Å². The van der Waals surface area contributed by atoms with Gasteiger partial charge in [-0.2, -0.15) is 0 Å². The normalized spacial score (nSPS) is 17.0. The number of pyridine rings is 2. The van der Waals surface area contributed by atoms with Crippen LogP contribution in [-0.2, 0) is 5.54 Å². The number of benzene rings is 1. The van der Waals surface area contributed by atoms with Crippen LogP contribution in [0.5, 0.6) is 0 Å². The van der Waals surface area contributed by atoms with Crippen molar-refractivity contribution in [1.29, 1.82) is 0 Å². The monoisotopic (exact) mass is 332 g/mol. The van der Waals surface area contributed by atoms with Crippen LogP contribution in [0.15, 0.2) is 48.8 Å². The van der Waals surface area contributed by atoms with E-state index in [9.17, 15) is 0 Å². The molecule has 0 spiro atoms. The van der Waals surface area contributed by atoms with Gasteiger partial charge in [0.1, 0.15) is 0 Å². The van der Waals surface area contributed by atoms with Gasteiger partial charge in [0.2, 0.25) is 0 Å². The molecule has 3 heterocycles. The average Bonchev–Trinajstić information content (AvgIpc) is 3.15. The Kier molecular flexibility index (Phi) is 3.92. The highest BCUT2D eigenvalue weighted by Crippen LogP contribution is 2.33. The number of nitrogens with two attached hydrogens (primary N) is 1. The lowest BCUT2D eigenvalue weighted by Crippen LogP contribution is -2.34. The molecule has 1 unspecified atom stereocenters. The van der Waals surface area contributed by atoms with Gasteiger partial charge >= 0.3 is 0 Å². The highest BCUT2D eigenvalue weighted by Gasteiger charge is 2.25. The van der Waals surface area contributed by atoms with E-state index in [0.717, 1.165) is 35.4 Å². The second-order valence-electron chi connectivity index (χ2n) is 7.15. The molecule has 3 aromatic rings. The van der Waals surface area contributed by atoms with Gasteiger partial charge in [-0.25, -0.2) is 0 Å². The van der Waals surface area contributed by atoms with Gasteiger partial charge in [-0.05, 0) is 56.0 Å². The van der Waals surface area contributed by atoms with Gasteiger partial charge in [-0.3, -0.25) is 9.97 Å². The molecule has 4 nitrogen and oxygen atoms in total. The number of aromatic nitrogens is 2. The number of rotatable bonds is 3. The first-order chi connectivity index (χ1) is 12.1. The highest BCUT2D eigenvalue weighted by molar-refractivity contribution is 5.92. The fourth-order valence-electron chi connectivity index (χ4n) is 3.72. The predicted molar refractivity (Wildman–Crippen MR) is 103 cm³/mol. The third-order valence-electron chi connectivity index (χ3n) is 5.22. The Morgan fingerprint density at radius 1 is 1.08 bits per heavy atom. The Bertz CT molecular complexity index is 896. The Balaban J connectivity index is 1.83. The van der Waals surface area contributed by atoms with Gasteiger partial charge in [0, 0.05) is 42.3 Å². The summed E-state index contributed by atoms with van der Waals surface area (Å²) in [4.78, 5) is 11.5. The molecule has 25 heavy (non-hydrogen) atoms. The molecule has 1 saturated heterocycles. The van der Waals surface area contributed by atoms with E-state index in [1.165, 1.54) is 23.9 Å². The molecule has 1 aliphatic rings. The molecular weight excluding hydrogens is 308 g/mol. The van der Waals surface area contributed by atoms with Gasteiger partial charge in [0.05, 0.1) is 11.1 Å². The number of anilines is 1. The first kappa shape index (κ1) is 16.0. The maximum Gasteiger partial charge on any atom is 0.0729 e. The van der Waals surface area contributed by atoms with Crippen LogP contribution in [0.25, 0.3) is 10.9 Å². The molecule has 0 bridgehead atoms. The maximum atomic E-state index is 6.67. The van der Waals surface area contributed by atoms with E-state index in [1.807, 2.05) is 25.3 Å². The molecule has 2 N–H and O–H groups in total. The molecule has 1 aromatic carbocycles. The van der Waals surface area contributed by atoms with Crippen LogP contribution in [-0.4, -0.2) is 23.1 Å². The van der Waals surface area contributed by atoms with Crippen molar-refractivity contribution in [2.45, 2.75) is 32.2 Å². The molecule has 0 saturated carbocycles. The number of hydrogen-bond donors (Lipinski definition) is 1. The van der Waals surface area contributed by atoms with E-state index in [4.69, 9.17) is 10.7 Å². The Morgan fingerprint density at radius 2 is 1.88 bits per heavy atom. The first-order valence-electron chi connectivity index (χ1n) is 8.92. The van der Waals surface area contributed by atoms with Crippen molar-refractivity contribution in [1.82, 2.24) is 9.97 Å². The number of fused-ring (bicyclic) bond motifs is 1. The summed E-state index contributed by atoms with van der Waals surface area (Å²) in [6.07, 6.45) is 6.14. The van der Waals surface area contributed by atoms with Gasteiger partial charge < -0.3 is 10.6 Å². The topological polar surface area (TPSA) is 55.0 Å². The summed E-state index contributed by atoms with van der Waals surface area (Å²) in [6.45, 7) is 6.35. The zero-order valence-corrected chi connectivity index (χ0v) is 14.9. The van der Waals surface area contributed by atoms with E-state index in [2.05, 4.69) is 41.1 Å². The van der Waals surface area contributed by atoms with Crippen LogP contribution in [0.3, 0.4) is 0 Å². The second-order valence-corrected chi connectivity index (χ2v) is 7.15. The van der Waals surface area contributed by atoms with Crippen LogP contribution in [0.1, 0.15) is 36.6 Å². The largest absolute Gasteiger partial charge is 0.371 e. The van der Waals surface area contributed by atoms with Crippen LogP contribution in [0, 0.1) is 6.92 Å². The molecule has 4 heteroatoms. The number of hydrogen-bond acceptors (Lipinski definition) is 4. The van der Waals surface area contributed by atoms with Gasteiger partial charge in [0.25, 0.3) is 0 Å². The third kappa shape index (κ3) is 2.87. The molecule has 2 aromatic heterocycles. The highest BCUT2D eigenvalue weighted by atomic mass is 15.1. The lowest BCUT2D eigenvalue weighted by molar-refractivity contribution is 0.601. The van der Waals surface area contributed by atoms with Crippen molar-refractivity contribution in [2.75, 3.05) is 18.0 Å². The lowest BCUT2D eigenvalue weighted by Gasteiger charge is -2.26. The molecular formula is C21H24N4. The van der Waals surface area contributed by atoms with E-state index < -0.39 is 5.54 Å². The summed E-state index contributed by atoms with van der Waals surface area (Å²) in [6, 6.07) is 12.6. The summed E-state index contributed by atoms with van der Waals surface area (Å²) in [5.41, 5.74) is 11.5. The Morgan fingerprint density at radius 3 is 2.60 bits per heavy atom. The van der Waals surface area contributed by atoms with Crippen molar-refractivity contribution >= 4 is 16.6 Å². The first-order valence-corrected chi connectivity index (χ1v) is 8.92. The van der Waals surface area contributed by atoms with Crippen molar-refractivity contribution in [2.24, 2.45) is 5.73 Å². The molecule has 1 aliphatic heterocycles. The molecule has 1 fully saturated rings. The second kappa shape index (κ2) is 6.12. The molecule has 0 amide bonds. The maximum absolute atomic E-state index is 6.67. The predicted octanol–water partition coefficient (Wildman–Crippen LogP) is 3.76. The van der Waals surface area contributed by atoms with E-state index in [1.54, 1.807) is 6.20 Å². The Hall–Kier alpha value is -2.46. The van der Waals surface area contributed by atoms with Crippen LogP contribution >= 0.6 is 0 Å². The van der Waals surface area contributed by atoms with Crippen molar-refractivity contribution < 1.29 is 0 Å². The van der Waals surface area contributed by atoms with Gasteiger partial charge in [0.15, 0.2) is 0 Å². The molecule has 0 aliphatic carbocycles. The van der Waals surface area contributed by atoms with E-state index in [0.29, 0.717) is 0 Å². The van der Waals surface area contributed by atoms with Crippen molar-refractivity contribution in [3.63, 3.8) is 0 Å². The summed E-state index contributed by atoms with van der Waals surface area (Å²) in [5.74, 6) is 0. The van der Waals surface area contributed by atoms with Gasteiger partial charge in [-0.15, -0.1) is 0 Å². The molecule has 128 valence electrons. The third-order valence-corrected chi connectivity index (χ3v) is 5.22. The lowest BCUT2D eigenvalue weighted by atomic mass is 9.86. The van der Waals surface area contributed by atoms with E-state index >= 15 is 0 Å². The Labute approximate surface area is 148 Å². The minimum absolute atomic E-state index is 0.596. The molecule has 4 rings (SSSR count). The molecule has 1 atom stereocenters. The molecule has 0 radical (unpaired) electrons. The average molecular weight is 332 g/mol. The fourth-order valence-corrected chi connectivity index (χ4v) is 3.72. The van der Waals surface area contributed by atoms with Crippen LogP contribution < -0.4 is 10.6 Å². The summed E-state index contributed by atoms with van der Waals surface area (Å²) >= 11 is 0. The quantitative estimate of drug-likeness (QED) is 0.793. The number of nitrogens with zero attached hydrogens (tertiary/aromatic N) is 3. The van der Waals surface area contributed by atoms with E-state index in [-0.39, 0.29) is 0 Å². The smallest absolute Gasteiger partial charge is 0.0729 e. The zero-order chi connectivity index (χ0) is 17.4. The minimum atomic E-state index is -0.596. The minimum Gasteiger partial charge on any atom is -0.371 e. The standard InChI is InChI=1S/C21H24N4/c1-15-12-20(25-10-3-4-11-25)18-8-7-16(13-19(18)24-15)21(2,22)17-6-5-9-23-14-17/h5-9,12-14H,3-4,10-11,22H2,1-2H3. The fraction of sp³-hybridized carbons (Fsp3) is 0.333. The SMILES string of the molecule is Cc1cc(N2CCCC2)c2ccc(C(C)(N)c3cccnc3)cc2n1.